The smallest absolute Gasteiger partial charge is 0.435 e. The van der Waals surface area contributed by atoms with Gasteiger partial charge in [0.25, 0.3) is 0 Å². The lowest BCUT2D eigenvalue weighted by atomic mass is 10.2. The number of halogens is 2. The maximum Gasteiger partial charge on any atom is 0.435 e. The van der Waals surface area contributed by atoms with Crippen molar-refractivity contribution in [1.82, 2.24) is 14.7 Å². The molecular weight excluding hydrogens is 496 g/mol. The van der Waals surface area contributed by atoms with E-state index in [1.165, 1.54) is 0 Å². The van der Waals surface area contributed by atoms with Crippen LogP contribution in [0.4, 0.5) is 4.79 Å². The molecular formula is C13H22BBrIN3O3S. The van der Waals surface area contributed by atoms with Gasteiger partial charge in [0.05, 0.1) is 22.9 Å². The standard InChI is InChI=1S/C13H22BBrIN3O3S/c1-13(2,3)22-12(20)19(6-7-23-14(16)21-5)9-11-10(15)8-17-18(11)4/h8H,6-7,9H2,1-5H3. The highest BCUT2D eigenvalue weighted by molar-refractivity contribution is 14.1. The average molecular weight is 518 g/mol. The molecule has 1 aromatic rings. The van der Waals surface area contributed by atoms with E-state index in [9.17, 15) is 4.79 Å². The predicted molar refractivity (Wildman–Crippen MR) is 107 cm³/mol. The molecule has 0 spiro atoms. The van der Waals surface area contributed by atoms with Gasteiger partial charge in [0, 0.05) is 26.5 Å². The van der Waals surface area contributed by atoms with E-state index in [1.54, 1.807) is 34.5 Å². The van der Waals surface area contributed by atoms with Gasteiger partial charge in [0.2, 0.25) is 0 Å². The third kappa shape index (κ3) is 7.66. The topological polar surface area (TPSA) is 56.6 Å². The summed E-state index contributed by atoms with van der Waals surface area (Å²) >= 11 is 7.32. The molecule has 0 saturated carbocycles. The molecule has 0 radical (unpaired) electrons. The number of carbonyl (C=O) groups is 1. The highest BCUT2D eigenvalue weighted by atomic mass is 127. The van der Waals surface area contributed by atoms with Crippen molar-refractivity contribution in [3.63, 3.8) is 0 Å². The average Bonchev–Trinajstić information content (AvgIpc) is 2.75. The van der Waals surface area contributed by atoms with Crippen LogP contribution in [-0.2, 0) is 23.0 Å². The van der Waals surface area contributed by atoms with E-state index < -0.39 is 5.60 Å². The summed E-state index contributed by atoms with van der Waals surface area (Å²) < 4.78 is 13.4. The summed E-state index contributed by atoms with van der Waals surface area (Å²) in [6.07, 6.45) is 1.40. The molecule has 0 saturated heterocycles. The Balaban J connectivity index is 2.77. The first-order valence-electron chi connectivity index (χ1n) is 7.07. The molecule has 0 unspecified atom stereocenters. The van der Waals surface area contributed by atoms with Crippen LogP contribution >= 0.6 is 49.9 Å². The Morgan fingerprint density at radius 3 is 2.70 bits per heavy atom. The van der Waals surface area contributed by atoms with E-state index in [-0.39, 0.29) is 10.1 Å². The quantitative estimate of drug-likeness (QED) is 0.407. The number of rotatable bonds is 7. The summed E-state index contributed by atoms with van der Waals surface area (Å²) in [6.45, 7) is 6.60. The lowest BCUT2D eigenvalue weighted by Gasteiger charge is -2.27. The summed E-state index contributed by atoms with van der Waals surface area (Å²) in [5, 5.41) is 4.19. The van der Waals surface area contributed by atoms with Crippen LogP contribution < -0.4 is 0 Å². The van der Waals surface area contributed by atoms with Crippen molar-refractivity contribution in [3.8, 4) is 0 Å². The van der Waals surface area contributed by atoms with Gasteiger partial charge in [-0.3, -0.25) is 4.68 Å². The van der Waals surface area contributed by atoms with Crippen molar-refractivity contribution in [2.24, 2.45) is 7.05 Å². The van der Waals surface area contributed by atoms with Crippen molar-refractivity contribution in [2.75, 3.05) is 19.4 Å². The number of nitrogens with zero attached hydrogens (tertiary/aromatic N) is 3. The Morgan fingerprint density at radius 2 is 2.22 bits per heavy atom. The predicted octanol–water partition coefficient (Wildman–Crippen LogP) is 3.72. The van der Waals surface area contributed by atoms with Crippen LogP contribution in [0.2, 0.25) is 0 Å². The zero-order valence-electron chi connectivity index (χ0n) is 14.0. The Hall–Kier alpha value is 0.0649. The van der Waals surface area contributed by atoms with E-state index in [0.29, 0.717) is 13.1 Å². The Labute approximate surface area is 164 Å². The fourth-order valence-corrected chi connectivity index (χ4v) is 3.56. The second kappa shape index (κ2) is 9.52. The highest BCUT2D eigenvalue weighted by Crippen LogP contribution is 2.20. The van der Waals surface area contributed by atoms with Gasteiger partial charge in [-0.15, -0.1) is 0 Å². The van der Waals surface area contributed by atoms with Crippen molar-refractivity contribution in [2.45, 2.75) is 32.9 Å². The van der Waals surface area contributed by atoms with Gasteiger partial charge in [-0.2, -0.15) is 16.7 Å². The Bertz CT molecular complexity index is 508. The summed E-state index contributed by atoms with van der Waals surface area (Å²) in [7, 11) is 3.52. The Morgan fingerprint density at radius 1 is 1.57 bits per heavy atom. The van der Waals surface area contributed by atoms with Crippen molar-refractivity contribution in [1.29, 1.82) is 0 Å². The molecule has 1 heterocycles. The van der Waals surface area contributed by atoms with Crippen molar-refractivity contribution in [3.05, 3.63) is 16.4 Å². The first kappa shape index (κ1) is 21.1. The lowest BCUT2D eigenvalue weighted by molar-refractivity contribution is 0.0242. The molecule has 0 aliphatic carbocycles. The van der Waals surface area contributed by atoms with Gasteiger partial charge in [-0.25, -0.2) is 4.79 Å². The maximum atomic E-state index is 12.5. The first-order valence-corrected chi connectivity index (χ1v) is 10.2. The monoisotopic (exact) mass is 517 g/mol. The van der Waals surface area contributed by atoms with Crippen LogP contribution in [0.1, 0.15) is 26.5 Å². The minimum Gasteiger partial charge on any atom is -0.444 e. The van der Waals surface area contributed by atoms with E-state index in [2.05, 4.69) is 43.4 Å². The van der Waals surface area contributed by atoms with Gasteiger partial charge in [0.15, 0.2) is 0 Å². The molecule has 1 amide bonds. The van der Waals surface area contributed by atoms with Gasteiger partial charge in [0.1, 0.15) is 5.60 Å². The van der Waals surface area contributed by atoms with E-state index in [1.807, 2.05) is 27.8 Å². The third-order valence-corrected chi connectivity index (χ3v) is 5.92. The second-order valence-electron chi connectivity index (χ2n) is 5.85. The first-order chi connectivity index (χ1) is 10.6. The minimum absolute atomic E-state index is 0.0662. The number of aryl methyl sites for hydroxylation is 1. The van der Waals surface area contributed by atoms with Gasteiger partial charge < -0.3 is 14.3 Å². The molecule has 0 N–H and O–H groups in total. The molecule has 130 valence electrons. The number of hydrogen-bond acceptors (Lipinski definition) is 5. The summed E-state index contributed by atoms with van der Waals surface area (Å²) in [5.74, 6) is 0.760. The van der Waals surface area contributed by atoms with Crippen LogP contribution in [-0.4, -0.2) is 49.8 Å². The van der Waals surface area contributed by atoms with Gasteiger partial charge in [-0.1, -0.05) is 22.4 Å². The number of carbonyl (C=O) groups excluding carboxylic acids is 1. The minimum atomic E-state index is -0.523. The molecule has 0 atom stereocenters. The van der Waals surface area contributed by atoms with Crippen LogP contribution in [0, 0.1) is 0 Å². The van der Waals surface area contributed by atoms with E-state index in [4.69, 9.17) is 9.39 Å². The SMILES string of the molecule is COB(I)SCCN(Cc1c(Br)cnn1C)C(=O)OC(C)(C)C. The van der Waals surface area contributed by atoms with Gasteiger partial charge in [-0.05, 0) is 36.7 Å². The van der Waals surface area contributed by atoms with E-state index in [0.717, 1.165) is 15.9 Å². The Kier molecular flexibility index (Phi) is 8.74. The largest absolute Gasteiger partial charge is 0.444 e. The second-order valence-corrected chi connectivity index (χ2v) is 9.85. The van der Waals surface area contributed by atoms with Gasteiger partial charge >= 0.3 is 10.1 Å². The summed E-state index contributed by atoms with van der Waals surface area (Å²) in [6, 6.07) is 0. The highest BCUT2D eigenvalue weighted by Gasteiger charge is 2.24. The van der Waals surface area contributed by atoms with Crippen LogP contribution in [0.15, 0.2) is 10.7 Å². The molecule has 0 aromatic carbocycles. The normalized spacial score (nSPS) is 11.4. The number of ether oxygens (including phenoxy) is 1. The number of aromatic nitrogens is 2. The van der Waals surface area contributed by atoms with Crippen molar-refractivity contribution >= 4 is 60.1 Å². The molecule has 0 fully saturated rings. The summed E-state index contributed by atoms with van der Waals surface area (Å²) in [4.78, 5) is 14.2. The number of amides is 1. The van der Waals surface area contributed by atoms with Crippen LogP contribution in [0.5, 0.6) is 0 Å². The zero-order valence-corrected chi connectivity index (χ0v) is 18.6. The fourth-order valence-electron chi connectivity index (χ4n) is 1.68. The van der Waals surface area contributed by atoms with E-state index >= 15 is 0 Å². The third-order valence-electron chi connectivity index (χ3n) is 2.80. The zero-order chi connectivity index (χ0) is 17.6. The lowest BCUT2D eigenvalue weighted by Crippen LogP contribution is -2.38. The summed E-state index contributed by atoms with van der Waals surface area (Å²) in [5.41, 5.74) is 0.406. The molecule has 1 aromatic heterocycles. The van der Waals surface area contributed by atoms with Crippen molar-refractivity contribution < 1.29 is 14.2 Å². The van der Waals surface area contributed by atoms with Crippen LogP contribution in [0.3, 0.4) is 0 Å². The molecule has 6 nitrogen and oxygen atoms in total. The number of hydrogen-bond donors (Lipinski definition) is 0. The molecule has 0 aliphatic rings. The molecule has 0 bridgehead atoms. The maximum absolute atomic E-state index is 12.5. The molecule has 10 heteroatoms. The van der Waals surface area contributed by atoms with Crippen LogP contribution in [0.25, 0.3) is 0 Å². The molecule has 0 aliphatic heterocycles. The molecule has 1 rings (SSSR count). The molecule has 23 heavy (non-hydrogen) atoms. The fraction of sp³-hybridized carbons (Fsp3) is 0.692.